The first kappa shape index (κ1) is 17.4. The molecule has 4 rings (SSSR count). The van der Waals surface area contributed by atoms with Crippen LogP contribution in [0.5, 0.6) is 0 Å². The van der Waals surface area contributed by atoms with Crippen LogP contribution in [-0.2, 0) is 17.9 Å². The van der Waals surface area contributed by atoms with Gasteiger partial charge in [0.1, 0.15) is 6.61 Å². The Morgan fingerprint density at radius 1 is 1.19 bits per heavy atom. The molecule has 3 heterocycles. The van der Waals surface area contributed by atoms with E-state index >= 15 is 0 Å². The van der Waals surface area contributed by atoms with Crippen LogP contribution in [-0.4, -0.2) is 53.3 Å². The number of pyridine rings is 1. The van der Waals surface area contributed by atoms with Gasteiger partial charge in [-0.15, -0.1) is 0 Å². The maximum absolute atomic E-state index is 5.29. The summed E-state index contributed by atoms with van der Waals surface area (Å²) in [5, 5.41) is 5.10. The first-order chi connectivity index (χ1) is 12.7. The van der Waals surface area contributed by atoms with Gasteiger partial charge in [-0.3, -0.25) is 9.88 Å². The number of fused-ring (bicyclic) bond motifs is 1. The number of anilines is 1. The Bertz CT molecular complexity index is 892. The standard InChI is InChI=1S/C18H20BrN5O2/c1-25-12-17-21-18(26-22-17)11-23-6-8-24(9-7-23)16-4-5-20-15-10-13(19)2-3-14(15)16/h2-5,10H,6-9,11-12H2,1H3. The number of ether oxygens (including phenoxy) is 1. The van der Waals surface area contributed by atoms with Gasteiger partial charge in [0.15, 0.2) is 5.82 Å². The number of methoxy groups -OCH3 is 1. The number of aromatic nitrogens is 3. The number of hydrogen-bond acceptors (Lipinski definition) is 7. The van der Waals surface area contributed by atoms with E-state index in [1.807, 2.05) is 6.20 Å². The lowest BCUT2D eigenvalue weighted by molar-refractivity contribution is 0.174. The molecule has 2 aromatic heterocycles. The summed E-state index contributed by atoms with van der Waals surface area (Å²) in [6.07, 6.45) is 1.88. The van der Waals surface area contributed by atoms with Crippen molar-refractivity contribution in [2.75, 3.05) is 38.2 Å². The fraction of sp³-hybridized carbons (Fsp3) is 0.389. The van der Waals surface area contributed by atoms with Crippen molar-refractivity contribution in [2.24, 2.45) is 0 Å². The molecule has 26 heavy (non-hydrogen) atoms. The Morgan fingerprint density at radius 2 is 2.04 bits per heavy atom. The van der Waals surface area contributed by atoms with E-state index in [1.54, 1.807) is 7.11 Å². The van der Waals surface area contributed by atoms with Gasteiger partial charge < -0.3 is 14.2 Å². The van der Waals surface area contributed by atoms with Crippen molar-refractivity contribution in [3.8, 4) is 0 Å². The zero-order valence-electron chi connectivity index (χ0n) is 14.6. The third kappa shape index (κ3) is 3.72. The largest absolute Gasteiger partial charge is 0.377 e. The summed E-state index contributed by atoms with van der Waals surface area (Å²) >= 11 is 3.52. The van der Waals surface area contributed by atoms with E-state index in [1.165, 1.54) is 11.1 Å². The van der Waals surface area contributed by atoms with Crippen LogP contribution >= 0.6 is 15.9 Å². The lowest BCUT2D eigenvalue weighted by Crippen LogP contribution is -2.46. The van der Waals surface area contributed by atoms with Gasteiger partial charge in [0.25, 0.3) is 0 Å². The van der Waals surface area contributed by atoms with E-state index in [9.17, 15) is 0 Å². The van der Waals surface area contributed by atoms with Crippen LogP contribution in [0.4, 0.5) is 5.69 Å². The van der Waals surface area contributed by atoms with Crippen LogP contribution in [0.2, 0.25) is 0 Å². The normalized spacial score (nSPS) is 15.7. The zero-order chi connectivity index (χ0) is 17.9. The first-order valence-electron chi connectivity index (χ1n) is 8.55. The number of halogens is 1. The van der Waals surface area contributed by atoms with Crippen molar-refractivity contribution in [3.63, 3.8) is 0 Å². The molecular weight excluding hydrogens is 398 g/mol. The maximum atomic E-state index is 5.29. The quantitative estimate of drug-likeness (QED) is 0.631. The highest BCUT2D eigenvalue weighted by molar-refractivity contribution is 9.10. The van der Waals surface area contributed by atoms with Crippen LogP contribution in [0.15, 0.2) is 39.5 Å². The molecule has 0 bridgehead atoms. The smallest absolute Gasteiger partial charge is 0.240 e. The maximum Gasteiger partial charge on any atom is 0.240 e. The molecule has 136 valence electrons. The van der Waals surface area contributed by atoms with Crippen molar-refractivity contribution in [1.29, 1.82) is 0 Å². The minimum atomic E-state index is 0.377. The van der Waals surface area contributed by atoms with Gasteiger partial charge in [0, 0.05) is 55.0 Å². The second-order valence-corrected chi connectivity index (χ2v) is 7.21. The molecule has 0 aliphatic carbocycles. The van der Waals surface area contributed by atoms with E-state index in [0.717, 1.165) is 36.2 Å². The molecule has 8 heteroatoms. The van der Waals surface area contributed by atoms with Gasteiger partial charge in [-0.2, -0.15) is 4.98 Å². The highest BCUT2D eigenvalue weighted by atomic mass is 79.9. The van der Waals surface area contributed by atoms with Crippen molar-refractivity contribution in [1.82, 2.24) is 20.0 Å². The molecule has 0 spiro atoms. The zero-order valence-corrected chi connectivity index (χ0v) is 16.1. The van der Waals surface area contributed by atoms with Crippen LogP contribution in [0.1, 0.15) is 11.7 Å². The lowest BCUT2D eigenvalue weighted by atomic mass is 10.1. The molecule has 0 unspecified atom stereocenters. The summed E-state index contributed by atoms with van der Waals surface area (Å²) in [5.74, 6) is 1.24. The Hall–Kier alpha value is -2.03. The molecule has 0 atom stereocenters. The molecule has 0 amide bonds. The van der Waals surface area contributed by atoms with E-state index in [0.29, 0.717) is 24.9 Å². The molecule has 1 aliphatic heterocycles. The molecule has 1 saturated heterocycles. The minimum Gasteiger partial charge on any atom is -0.377 e. The van der Waals surface area contributed by atoms with E-state index < -0.39 is 0 Å². The highest BCUT2D eigenvalue weighted by Crippen LogP contribution is 2.28. The molecule has 1 aliphatic rings. The molecule has 0 N–H and O–H groups in total. The van der Waals surface area contributed by atoms with Gasteiger partial charge in [-0.1, -0.05) is 21.1 Å². The van der Waals surface area contributed by atoms with E-state index in [4.69, 9.17) is 9.26 Å². The van der Waals surface area contributed by atoms with Crippen molar-refractivity contribution < 1.29 is 9.26 Å². The summed E-state index contributed by atoms with van der Waals surface area (Å²) in [5.41, 5.74) is 2.25. The molecule has 0 saturated carbocycles. The number of hydrogen-bond donors (Lipinski definition) is 0. The van der Waals surface area contributed by atoms with E-state index in [-0.39, 0.29) is 0 Å². The van der Waals surface area contributed by atoms with Crippen LogP contribution in [0.25, 0.3) is 10.9 Å². The van der Waals surface area contributed by atoms with Crippen LogP contribution in [0.3, 0.4) is 0 Å². The summed E-state index contributed by atoms with van der Waals surface area (Å²) in [6, 6.07) is 8.35. The Balaban J connectivity index is 1.42. The molecule has 0 radical (unpaired) electrons. The van der Waals surface area contributed by atoms with Crippen molar-refractivity contribution in [2.45, 2.75) is 13.2 Å². The molecule has 3 aromatic rings. The Kier molecular flexibility index (Phi) is 5.14. The third-order valence-corrected chi connectivity index (χ3v) is 5.03. The summed E-state index contributed by atoms with van der Waals surface area (Å²) in [6.45, 7) is 4.85. The van der Waals surface area contributed by atoms with Crippen molar-refractivity contribution >= 4 is 32.5 Å². The van der Waals surface area contributed by atoms with Gasteiger partial charge >= 0.3 is 0 Å². The Labute approximate surface area is 160 Å². The first-order valence-corrected chi connectivity index (χ1v) is 9.34. The van der Waals surface area contributed by atoms with Crippen LogP contribution < -0.4 is 4.90 Å². The number of piperazine rings is 1. The van der Waals surface area contributed by atoms with Crippen molar-refractivity contribution in [3.05, 3.63) is 46.7 Å². The molecular formula is C18H20BrN5O2. The topological polar surface area (TPSA) is 67.5 Å². The molecule has 1 fully saturated rings. The number of benzene rings is 1. The average molecular weight is 418 g/mol. The van der Waals surface area contributed by atoms with Gasteiger partial charge in [-0.05, 0) is 24.3 Å². The average Bonchev–Trinajstić information content (AvgIpc) is 3.09. The number of nitrogens with zero attached hydrogens (tertiary/aromatic N) is 5. The monoisotopic (exact) mass is 417 g/mol. The summed E-state index contributed by atoms with van der Waals surface area (Å²) in [7, 11) is 1.62. The summed E-state index contributed by atoms with van der Waals surface area (Å²) in [4.78, 5) is 13.6. The van der Waals surface area contributed by atoms with Crippen LogP contribution in [0, 0.1) is 0 Å². The van der Waals surface area contributed by atoms with Gasteiger partial charge in [0.05, 0.1) is 12.1 Å². The van der Waals surface area contributed by atoms with Gasteiger partial charge in [-0.25, -0.2) is 0 Å². The predicted molar refractivity (Wildman–Crippen MR) is 102 cm³/mol. The third-order valence-electron chi connectivity index (χ3n) is 4.54. The SMILES string of the molecule is COCc1noc(CN2CCN(c3ccnc4cc(Br)ccc34)CC2)n1. The second-order valence-electron chi connectivity index (χ2n) is 6.29. The fourth-order valence-corrected chi connectivity index (χ4v) is 3.61. The molecule has 1 aromatic carbocycles. The lowest BCUT2D eigenvalue weighted by Gasteiger charge is -2.35. The van der Waals surface area contributed by atoms with Gasteiger partial charge in [0.2, 0.25) is 5.89 Å². The minimum absolute atomic E-state index is 0.377. The number of rotatable bonds is 5. The Morgan fingerprint density at radius 3 is 2.85 bits per heavy atom. The fourth-order valence-electron chi connectivity index (χ4n) is 3.26. The van der Waals surface area contributed by atoms with E-state index in [2.05, 4.69) is 65.1 Å². The molecule has 7 nitrogen and oxygen atoms in total. The second kappa shape index (κ2) is 7.69. The summed E-state index contributed by atoms with van der Waals surface area (Å²) < 4.78 is 11.4. The highest BCUT2D eigenvalue weighted by Gasteiger charge is 2.20. The predicted octanol–water partition coefficient (Wildman–Crippen LogP) is 2.85.